The van der Waals surface area contributed by atoms with Crippen molar-refractivity contribution in [1.29, 1.82) is 0 Å². The molecule has 2 aromatic rings. The summed E-state index contributed by atoms with van der Waals surface area (Å²) in [6, 6.07) is 12.5. The molecule has 0 radical (unpaired) electrons. The molecule has 1 fully saturated rings. The minimum atomic E-state index is -1.13. The summed E-state index contributed by atoms with van der Waals surface area (Å²) < 4.78 is 5.18. The fourth-order valence-electron chi connectivity index (χ4n) is 3.13. The average Bonchev–Trinajstić information content (AvgIpc) is 2.67. The average molecular weight is 340 g/mol. The van der Waals surface area contributed by atoms with Crippen LogP contribution in [0.5, 0.6) is 5.75 Å². The second kappa shape index (κ2) is 7.34. The number of piperidine rings is 1. The summed E-state index contributed by atoms with van der Waals surface area (Å²) in [7, 11) is 1.65. The van der Waals surface area contributed by atoms with Crippen molar-refractivity contribution in [3.8, 4) is 5.75 Å². The maximum Gasteiger partial charge on any atom is 0.354 e. The Bertz CT molecular complexity index is 765. The molecule has 0 saturated carbocycles. The van der Waals surface area contributed by atoms with Crippen LogP contribution in [0.15, 0.2) is 42.5 Å². The standard InChI is InChI=1S/C19H20N2O4/c1-25-15-7-5-13(6-8-15)14-9-11-21(12-10-14)18(22)16-3-2-4-17(20-16)19(23)24/h2-8,14H,9-12H2,1H3,(H,23,24). The van der Waals surface area contributed by atoms with E-state index in [-0.39, 0.29) is 17.3 Å². The second-order valence-electron chi connectivity index (χ2n) is 6.05. The Balaban J connectivity index is 1.64. The molecule has 0 aliphatic carbocycles. The van der Waals surface area contributed by atoms with Crippen LogP contribution in [0.2, 0.25) is 0 Å². The lowest BCUT2D eigenvalue weighted by atomic mass is 9.89. The van der Waals surface area contributed by atoms with Gasteiger partial charge in [0.1, 0.15) is 17.1 Å². The number of nitrogens with zero attached hydrogens (tertiary/aromatic N) is 2. The number of carboxylic acids is 1. The second-order valence-corrected chi connectivity index (χ2v) is 6.05. The van der Waals surface area contributed by atoms with E-state index in [0.717, 1.165) is 18.6 Å². The predicted octanol–water partition coefficient (Wildman–Crippen LogP) is 2.81. The number of aromatic carboxylic acids is 1. The van der Waals surface area contributed by atoms with Gasteiger partial charge in [-0.3, -0.25) is 4.79 Å². The first-order valence-corrected chi connectivity index (χ1v) is 8.22. The summed E-state index contributed by atoms with van der Waals surface area (Å²) in [5.41, 5.74) is 1.32. The van der Waals surface area contributed by atoms with Gasteiger partial charge in [0, 0.05) is 13.1 Å². The van der Waals surface area contributed by atoms with Crippen molar-refractivity contribution in [2.24, 2.45) is 0 Å². The van der Waals surface area contributed by atoms with Crippen LogP contribution in [0.1, 0.15) is 45.3 Å². The number of methoxy groups -OCH3 is 1. The van der Waals surface area contributed by atoms with Gasteiger partial charge in [-0.05, 0) is 48.6 Å². The fourth-order valence-corrected chi connectivity index (χ4v) is 3.13. The Morgan fingerprint density at radius 1 is 1.08 bits per heavy atom. The fraction of sp³-hybridized carbons (Fsp3) is 0.316. The number of carbonyl (C=O) groups excluding carboxylic acids is 1. The van der Waals surface area contributed by atoms with Crippen molar-refractivity contribution in [3.05, 3.63) is 59.4 Å². The van der Waals surface area contributed by atoms with Crippen molar-refractivity contribution < 1.29 is 19.4 Å². The van der Waals surface area contributed by atoms with E-state index < -0.39 is 5.97 Å². The number of pyridine rings is 1. The van der Waals surface area contributed by atoms with E-state index in [1.165, 1.54) is 11.6 Å². The molecule has 2 heterocycles. The Kier molecular flexibility index (Phi) is 4.97. The highest BCUT2D eigenvalue weighted by atomic mass is 16.5. The lowest BCUT2D eigenvalue weighted by Gasteiger charge is -2.32. The highest BCUT2D eigenvalue weighted by molar-refractivity contribution is 5.94. The number of hydrogen-bond donors (Lipinski definition) is 1. The molecule has 1 saturated heterocycles. The molecule has 0 spiro atoms. The molecule has 1 aliphatic rings. The summed E-state index contributed by atoms with van der Waals surface area (Å²) in [4.78, 5) is 29.2. The zero-order valence-corrected chi connectivity index (χ0v) is 14.0. The van der Waals surface area contributed by atoms with Gasteiger partial charge < -0.3 is 14.7 Å². The largest absolute Gasteiger partial charge is 0.497 e. The zero-order valence-electron chi connectivity index (χ0n) is 14.0. The van der Waals surface area contributed by atoms with Gasteiger partial charge in [0.15, 0.2) is 0 Å². The molecule has 0 atom stereocenters. The van der Waals surface area contributed by atoms with E-state index in [9.17, 15) is 9.59 Å². The summed E-state index contributed by atoms with van der Waals surface area (Å²) >= 11 is 0. The van der Waals surface area contributed by atoms with E-state index in [4.69, 9.17) is 9.84 Å². The smallest absolute Gasteiger partial charge is 0.354 e. The highest BCUT2D eigenvalue weighted by Gasteiger charge is 2.25. The SMILES string of the molecule is COc1ccc(C2CCN(C(=O)c3cccc(C(=O)O)n3)CC2)cc1. The van der Waals surface area contributed by atoms with Crippen LogP contribution in [0, 0.1) is 0 Å². The first-order valence-electron chi connectivity index (χ1n) is 8.22. The van der Waals surface area contributed by atoms with E-state index in [2.05, 4.69) is 17.1 Å². The van der Waals surface area contributed by atoms with Crippen LogP contribution in [-0.4, -0.2) is 47.1 Å². The number of likely N-dealkylation sites (tertiary alicyclic amines) is 1. The highest BCUT2D eigenvalue weighted by Crippen LogP contribution is 2.29. The molecule has 1 amide bonds. The summed E-state index contributed by atoms with van der Waals surface area (Å²) in [5.74, 6) is -0.0989. The third-order valence-electron chi connectivity index (χ3n) is 4.56. The molecule has 25 heavy (non-hydrogen) atoms. The van der Waals surface area contributed by atoms with Crippen molar-refractivity contribution in [3.63, 3.8) is 0 Å². The predicted molar refractivity (Wildman–Crippen MR) is 92.1 cm³/mol. The van der Waals surface area contributed by atoms with Gasteiger partial charge in [-0.1, -0.05) is 18.2 Å². The van der Waals surface area contributed by atoms with Crippen molar-refractivity contribution in [2.75, 3.05) is 20.2 Å². The first kappa shape index (κ1) is 17.0. The molecule has 1 aromatic heterocycles. The summed E-state index contributed by atoms with van der Waals surface area (Å²) in [6.07, 6.45) is 1.74. The van der Waals surface area contributed by atoms with E-state index in [1.807, 2.05) is 12.1 Å². The lowest BCUT2D eigenvalue weighted by molar-refractivity contribution is 0.0688. The van der Waals surface area contributed by atoms with Crippen LogP contribution in [0.25, 0.3) is 0 Å². The zero-order chi connectivity index (χ0) is 17.8. The molecular weight excluding hydrogens is 320 g/mol. The number of benzene rings is 1. The van der Waals surface area contributed by atoms with Gasteiger partial charge in [0.05, 0.1) is 7.11 Å². The van der Waals surface area contributed by atoms with Gasteiger partial charge in [-0.2, -0.15) is 0 Å². The van der Waals surface area contributed by atoms with Crippen LogP contribution < -0.4 is 4.74 Å². The van der Waals surface area contributed by atoms with Crippen LogP contribution >= 0.6 is 0 Å². The van der Waals surface area contributed by atoms with Crippen LogP contribution in [-0.2, 0) is 0 Å². The molecule has 130 valence electrons. The molecule has 1 aliphatic heterocycles. The van der Waals surface area contributed by atoms with Crippen LogP contribution in [0.3, 0.4) is 0 Å². The van der Waals surface area contributed by atoms with Crippen molar-refractivity contribution in [1.82, 2.24) is 9.88 Å². The normalized spacial score (nSPS) is 15.0. The van der Waals surface area contributed by atoms with Gasteiger partial charge in [0.25, 0.3) is 5.91 Å². The summed E-state index contributed by atoms with van der Waals surface area (Å²) in [5, 5.41) is 9.00. The quantitative estimate of drug-likeness (QED) is 0.926. The number of carboxylic acid groups (broad SMARTS) is 1. The lowest BCUT2D eigenvalue weighted by Crippen LogP contribution is -2.38. The van der Waals surface area contributed by atoms with Crippen molar-refractivity contribution in [2.45, 2.75) is 18.8 Å². The molecular formula is C19H20N2O4. The van der Waals surface area contributed by atoms with E-state index in [0.29, 0.717) is 19.0 Å². The maximum absolute atomic E-state index is 12.6. The maximum atomic E-state index is 12.6. The molecule has 0 bridgehead atoms. The molecule has 3 rings (SSSR count). The number of amides is 1. The number of carbonyl (C=O) groups is 2. The number of aromatic nitrogens is 1. The first-order chi connectivity index (χ1) is 12.1. The topological polar surface area (TPSA) is 79.7 Å². The van der Waals surface area contributed by atoms with Gasteiger partial charge in [-0.15, -0.1) is 0 Å². The Labute approximate surface area is 146 Å². The van der Waals surface area contributed by atoms with Gasteiger partial charge in [-0.25, -0.2) is 9.78 Å². The molecule has 1 N–H and O–H groups in total. The van der Waals surface area contributed by atoms with Gasteiger partial charge in [0.2, 0.25) is 0 Å². The summed E-state index contributed by atoms with van der Waals surface area (Å²) in [6.45, 7) is 1.27. The minimum absolute atomic E-state index is 0.112. The molecule has 1 aromatic carbocycles. The third kappa shape index (κ3) is 3.79. The number of rotatable bonds is 4. The monoisotopic (exact) mass is 340 g/mol. The van der Waals surface area contributed by atoms with Gasteiger partial charge >= 0.3 is 5.97 Å². The number of ether oxygens (including phenoxy) is 1. The minimum Gasteiger partial charge on any atom is -0.497 e. The number of hydrogen-bond acceptors (Lipinski definition) is 4. The van der Waals surface area contributed by atoms with E-state index >= 15 is 0 Å². The molecule has 6 nitrogen and oxygen atoms in total. The molecule has 6 heteroatoms. The van der Waals surface area contributed by atoms with Crippen LogP contribution in [0.4, 0.5) is 0 Å². The third-order valence-corrected chi connectivity index (χ3v) is 4.56. The molecule has 0 unspecified atom stereocenters. The Morgan fingerprint density at radius 2 is 1.72 bits per heavy atom. The Hall–Kier alpha value is -2.89. The van der Waals surface area contributed by atoms with Crippen molar-refractivity contribution >= 4 is 11.9 Å². The van der Waals surface area contributed by atoms with E-state index in [1.54, 1.807) is 24.1 Å². The Morgan fingerprint density at radius 3 is 2.32 bits per heavy atom.